The topological polar surface area (TPSA) is 118 Å². The number of likely N-dealkylation sites (N-methyl/N-ethyl adjacent to an activating group) is 1. The van der Waals surface area contributed by atoms with E-state index < -0.39 is 5.97 Å². The van der Waals surface area contributed by atoms with Gasteiger partial charge in [0.2, 0.25) is 0 Å². The van der Waals surface area contributed by atoms with Gasteiger partial charge >= 0.3 is 5.97 Å². The fourth-order valence-corrected chi connectivity index (χ4v) is 5.04. The van der Waals surface area contributed by atoms with E-state index in [-0.39, 0.29) is 23.4 Å². The van der Waals surface area contributed by atoms with Crippen LogP contribution in [0.4, 0.5) is 5.69 Å². The van der Waals surface area contributed by atoms with Gasteiger partial charge in [0.15, 0.2) is 5.88 Å². The van der Waals surface area contributed by atoms with Crippen LogP contribution >= 0.6 is 0 Å². The number of likely N-dealkylation sites (tertiary alicyclic amines) is 1. The number of aromatic amines is 1. The molecule has 1 aromatic heterocycles. The van der Waals surface area contributed by atoms with Gasteiger partial charge in [0.1, 0.15) is 0 Å². The van der Waals surface area contributed by atoms with Crippen LogP contribution in [0.15, 0.2) is 71.7 Å². The summed E-state index contributed by atoms with van der Waals surface area (Å²) in [5.74, 6) is -1.24. The molecule has 1 aliphatic heterocycles. The maximum Gasteiger partial charge on any atom is 0.336 e. The van der Waals surface area contributed by atoms with E-state index in [9.17, 15) is 19.8 Å². The van der Waals surface area contributed by atoms with Gasteiger partial charge in [-0.05, 0) is 75.3 Å². The van der Waals surface area contributed by atoms with Gasteiger partial charge < -0.3 is 25.4 Å². The van der Waals surface area contributed by atoms with Gasteiger partial charge in [-0.15, -0.1) is 0 Å². The van der Waals surface area contributed by atoms with Crippen LogP contribution in [-0.2, 0) is 0 Å². The van der Waals surface area contributed by atoms with Crippen molar-refractivity contribution in [3.8, 4) is 5.88 Å². The molecule has 4 N–H and O–H groups in total. The zero-order chi connectivity index (χ0) is 26.8. The number of nitrogens with one attached hydrogen (secondary N) is 2. The van der Waals surface area contributed by atoms with E-state index in [4.69, 9.17) is 4.99 Å². The van der Waals surface area contributed by atoms with Gasteiger partial charge in [-0.1, -0.05) is 30.3 Å². The number of rotatable bonds is 6. The number of carboxylic acid groups (broad SMARTS) is 1. The van der Waals surface area contributed by atoms with Crippen molar-refractivity contribution in [2.45, 2.75) is 25.8 Å². The number of aryl methyl sites for hydroxylation is 1. The number of amides is 1. The molecular weight excluding hydrogens is 480 g/mol. The third-order valence-corrected chi connectivity index (χ3v) is 6.97. The highest BCUT2D eigenvalue weighted by atomic mass is 16.4. The van der Waals surface area contributed by atoms with Gasteiger partial charge in [-0.3, -0.25) is 4.79 Å². The second-order valence-electron chi connectivity index (χ2n) is 9.81. The molecule has 1 amide bonds. The number of H-pyrrole nitrogens is 1. The molecule has 4 aromatic rings. The van der Waals surface area contributed by atoms with Crippen molar-refractivity contribution in [2.75, 3.05) is 20.1 Å². The third kappa shape index (κ3) is 5.17. The molecule has 3 aromatic carbocycles. The Hall–Kier alpha value is -4.43. The standard InChI is InChI=1S/C30H30N4O4/c1-18-15-24-25(16-23(18)30(37)38)33-29(36)26(24)27(19-7-4-3-5-8-19)31-21-12-10-20(11-13-21)28(35)32-22-9-6-14-34(2)17-22/h3-5,7-8,10-13,15-16,22,33,36H,6,9,14,17H2,1-2H3,(H,32,35)(H,37,38). The molecule has 8 nitrogen and oxygen atoms in total. The Bertz CT molecular complexity index is 1520. The number of hydrogen-bond donors (Lipinski definition) is 4. The van der Waals surface area contributed by atoms with Gasteiger partial charge in [-0.2, -0.15) is 0 Å². The van der Waals surface area contributed by atoms with Crippen molar-refractivity contribution in [1.29, 1.82) is 0 Å². The molecule has 0 radical (unpaired) electrons. The van der Waals surface area contributed by atoms with E-state index in [1.165, 1.54) is 6.07 Å². The van der Waals surface area contributed by atoms with Gasteiger partial charge in [0.25, 0.3) is 5.91 Å². The first-order valence-corrected chi connectivity index (χ1v) is 12.6. The highest BCUT2D eigenvalue weighted by molar-refractivity contribution is 6.22. The Morgan fingerprint density at radius 2 is 1.79 bits per heavy atom. The molecule has 38 heavy (non-hydrogen) atoms. The first kappa shape index (κ1) is 25.2. The second kappa shape index (κ2) is 10.5. The summed E-state index contributed by atoms with van der Waals surface area (Å²) in [5.41, 5.74) is 4.22. The lowest BCUT2D eigenvalue weighted by Crippen LogP contribution is -2.46. The first-order valence-electron chi connectivity index (χ1n) is 12.6. The van der Waals surface area contributed by atoms with Crippen LogP contribution < -0.4 is 5.32 Å². The smallest absolute Gasteiger partial charge is 0.336 e. The quantitative estimate of drug-likeness (QED) is 0.276. The van der Waals surface area contributed by atoms with E-state index in [1.54, 1.807) is 37.3 Å². The normalized spacial score (nSPS) is 16.5. The molecule has 1 saturated heterocycles. The Labute approximate surface area is 220 Å². The molecule has 1 atom stereocenters. The van der Waals surface area contributed by atoms with Crippen LogP contribution in [0.5, 0.6) is 5.88 Å². The van der Waals surface area contributed by atoms with Crippen molar-refractivity contribution >= 4 is 34.2 Å². The third-order valence-electron chi connectivity index (χ3n) is 6.97. The van der Waals surface area contributed by atoms with Crippen molar-refractivity contribution in [1.82, 2.24) is 15.2 Å². The van der Waals surface area contributed by atoms with Gasteiger partial charge in [-0.25, -0.2) is 9.79 Å². The van der Waals surface area contributed by atoms with Crippen molar-refractivity contribution < 1.29 is 19.8 Å². The number of fused-ring (bicyclic) bond motifs is 1. The average molecular weight is 511 g/mol. The minimum absolute atomic E-state index is 0.0991. The number of carbonyl (C=O) groups excluding carboxylic acids is 1. The summed E-state index contributed by atoms with van der Waals surface area (Å²) in [6.07, 6.45) is 2.04. The number of aliphatic imine (C=N–C) groups is 1. The summed E-state index contributed by atoms with van der Waals surface area (Å²) >= 11 is 0. The summed E-state index contributed by atoms with van der Waals surface area (Å²) in [6, 6.07) is 20.0. The molecule has 8 heteroatoms. The molecule has 0 bridgehead atoms. The summed E-state index contributed by atoms with van der Waals surface area (Å²) in [4.78, 5) is 34.4. The number of aromatic nitrogens is 1. The fraction of sp³-hybridized carbons (Fsp3) is 0.233. The molecule has 0 spiro atoms. The van der Waals surface area contributed by atoms with Crippen LogP contribution in [0.25, 0.3) is 10.9 Å². The zero-order valence-corrected chi connectivity index (χ0v) is 21.4. The Morgan fingerprint density at radius 1 is 1.05 bits per heavy atom. The predicted octanol–water partition coefficient (Wildman–Crippen LogP) is 4.87. The molecular formula is C30H30N4O4. The number of benzene rings is 3. The zero-order valence-electron chi connectivity index (χ0n) is 21.4. The lowest BCUT2D eigenvalue weighted by Gasteiger charge is -2.30. The second-order valence-corrected chi connectivity index (χ2v) is 9.81. The highest BCUT2D eigenvalue weighted by Gasteiger charge is 2.22. The lowest BCUT2D eigenvalue weighted by atomic mass is 9.98. The molecule has 2 heterocycles. The van der Waals surface area contributed by atoms with E-state index in [1.807, 2.05) is 30.3 Å². The molecule has 194 valence electrons. The first-order chi connectivity index (χ1) is 18.3. The summed E-state index contributed by atoms with van der Waals surface area (Å²) in [5, 5.41) is 24.2. The maximum atomic E-state index is 12.8. The Kier molecular flexibility index (Phi) is 6.98. The lowest BCUT2D eigenvalue weighted by molar-refractivity contribution is 0.0696. The largest absolute Gasteiger partial charge is 0.494 e. The predicted molar refractivity (Wildman–Crippen MR) is 148 cm³/mol. The number of aromatic carboxylic acids is 1. The Morgan fingerprint density at radius 3 is 2.47 bits per heavy atom. The van der Waals surface area contributed by atoms with Crippen LogP contribution in [0, 0.1) is 6.92 Å². The maximum absolute atomic E-state index is 12.8. The van der Waals surface area contributed by atoms with Crippen molar-refractivity contribution in [3.63, 3.8) is 0 Å². The monoisotopic (exact) mass is 510 g/mol. The van der Waals surface area contributed by atoms with Crippen molar-refractivity contribution in [3.05, 3.63) is 94.5 Å². The number of carboxylic acids is 1. The van der Waals surface area contributed by atoms with Crippen LogP contribution in [0.2, 0.25) is 0 Å². The van der Waals surface area contributed by atoms with Crippen LogP contribution in [-0.4, -0.2) is 63.9 Å². The molecule has 0 saturated carbocycles. The molecule has 1 fully saturated rings. The average Bonchev–Trinajstić information content (AvgIpc) is 3.21. The molecule has 1 unspecified atom stereocenters. The van der Waals surface area contributed by atoms with Gasteiger partial charge in [0, 0.05) is 34.6 Å². The number of hydrogen-bond acceptors (Lipinski definition) is 5. The number of nitrogens with zero attached hydrogens (tertiary/aromatic N) is 2. The summed E-state index contributed by atoms with van der Waals surface area (Å²) in [6.45, 7) is 3.62. The molecule has 5 rings (SSSR count). The fourth-order valence-electron chi connectivity index (χ4n) is 5.04. The Balaban J connectivity index is 1.51. The van der Waals surface area contributed by atoms with Crippen LogP contribution in [0.3, 0.4) is 0 Å². The van der Waals surface area contributed by atoms with E-state index in [0.717, 1.165) is 31.5 Å². The number of carbonyl (C=O) groups is 2. The number of aromatic hydroxyl groups is 1. The summed E-state index contributed by atoms with van der Waals surface area (Å²) in [7, 11) is 2.06. The molecule has 0 aliphatic carbocycles. The minimum atomic E-state index is -1.03. The number of piperidine rings is 1. The van der Waals surface area contributed by atoms with Crippen molar-refractivity contribution in [2.24, 2.45) is 4.99 Å². The van der Waals surface area contributed by atoms with E-state index >= 15 is 0 Å². The van der Waals surface area contributed by atoms with E-state index in [0.29, 0.717) is 39.0 Å². The molecule has 1 aliphatic rings. The van der Waals surface area contributed by atoms with E-state index in [2.05, 4.69) is 22.2 Å². The SMILES string of the molecule is Cc1cc2c(C(=Nc3ccc(C(=O)NC4CCCN(C)C4)cc3)c3ccccc3)c(O)[nH]c2cc1C(=O)O. The minimum Gasteiger partial charge on any atom is -0.494 e. The highest BCUT2D eigenvalue weighted by Crippen LogP contribution is 2.33. The van der Waals surface area contributed by atoms with Crippen LogP contribution in [0.1, 0.15) is 50.2 Å². The van der Waals surface area contributed by atoms with Gasteiger partial charge in [0.05, 0.1) is 22.5 Å². The summed E-state index contributed by atoms with van der Waals surface area (Å²) < 4.78 is 0.